The van der Waals surface area contributed by atoms with Gasteiger partial charge in [-0.1, -0.05) is 90.3 Å². The Morgan fingerprint density at radius 3 is 2.33 bits per heavy atom. The molecule has 0 aliphatic heterocycles. The van der Waals surface area contributed by atoms with E-state index in [0.717, 1.165) is 48.1 Å². The maximum absolute atomic E-state index is 14.2. The molecule has 1 heterocycles. The third kappa shape index (κ3) is 9.81. The number of nitrogens with one attached hydrogen (secondary N) is 3. The molecule has 0 fully saturated rings. The van der Waals surface area contributed by atoms with Crippen LogP contribution >= 0.6 is 46.3 Å². The number of halogens is 2. The summed E-state index contributed by atoms with van der Waals surface area (Å²) < 4.78 is 5.44. The van der Waals surface area contributed by atoms with Gasteiger partial charge in [0.25, 0.3) is 11.8 Å². The van der Waals surface area contributed by atoms with Crippen molar-refractivity contribution in [1.29, 1.82) is 0 Å². The number of hydrogen-bond donors (Lipinski definition) is 3. The van der Waals surface area contributed by atoms with E-state index < -0.39 is 23.0 Å². The van der Waals surface area contributed by atoms with Crippen molar-refractivity contribution >= 4 is 86.8 Å². The molecule has 0 bridgehead atoms. The molecule has 3 amide bonds. The molecule has 0 radical (unpaired) electrons. The second-order valence-corrected chi connectivity index (χ2v) is 15.5. The van der Waals surface area contributed by atoms with Crippen LogP contribution in [0, 0.1) is 0 Å². The lowest BCUT2D eigenvalue weighted by atomic mass is 10.1. The molecule has 1 atom stereocenters. The number of ether oxygens (including phenoxy) is 1. The number of esters is 1. The highest BCUT2D eigenvalue weighted by Gasteiger charge is 2.30. The highest BCUT2D eigenvalue weighted by Crippen LogP contribution is 2.41. The fourth-order valence-corrected chi connectivity index (χ4v) is 8.85. The predicted octanol–water partition coefficient (Wildman–Crippen LogP) is 10.4. The summed E-state index contributed by atoms with van der Waals surface area (Å²) >= 11 is 15.3. The summed E-state index contributed by atoms with van der Waals surface area (Å²) in [6, 6.07) is 29.9. The van der Waals surface area contributed by atoms with Crippen LogP contribution in [0.1, 0.15) is 73.7 Å². The van der Waals surface area contributed by atoms with Gasteiger partial charge >= 0.3 is 5.97 Å². The van der Waals surface area contributed by atoms with Gasteiger partial charge in [0.05, 0.1) is 12.2 Å². The van der Waals surface area contributed by atoms with E-state index >= 15 is 0 Å². The molecule has 1 aliphatic rings. The molecule has 6 rings (SSSR count). The summed E-state index contributed by atoms with van der Waals surface area (Å²) in [7, 11) is 0. The van der Waals surface area contributed by atoms with Gasteiger partial charge in [0.2, 0.25) is 5.91 Å². The summed E-state index contributed by atoms with van der Waals surface area (Å²) in [5.41, 5.74) is 3.44. The zero-order valence-corrected chi connectivity index (χ0v) is 32.5. The molecule has 5 aromatic rings. The number of rotatable bonds is 12. The molecule has 4 aromatic carbocycles. The van der Waals surface area contributed by atoms with Crippen LogP contribution in [0.3, 0.4) is 0 Å². The van der Waals surface area contributed by atoms with Gasteiger partial charge < -0.3 is 20.7 Å². The second-order valence-electron chi connectivity index (χ2n) is 12.4. The highest BCUT2D eigenvalue weighted by atomic mass is 35.5. The maximum atomic E-state index is 14.2. The number of amides is 3. The van der Waals surface area contributed by atoms with Crippen molar-refractivity contribution in [3.05, 3.63) is 152 Å². The van der Waals surface area contributed by atoms with E-state index in [1.165, 1.54) is 29.2 Å². The van der Waals surface area contributed by atoms with Gasteiger partial charge in [-0.25, -0.2) is 4.79 Å². The van der Waals surface area contributed by atoms with Crippen LogP contribution in [0.5, 0.6) is 0 Å². The van der Waals surface area contributed by atoms with Crippen molar-refractivity contribution < 1.29 is 23.9 Å². The van der Waals surface area contributed by atoms with E-state index in [0.29, 0.717) is 42.3 Å². The number of anilines is 2. The van der Waals surface area contributed by atoms with E-state index in [-0.39, 0.29) is 18.2 Å². The number of fused-ring (bicyclic) bond motifs is 1. The van der Waals surface area contributed by atoms with Crippen LogP contribution in [0.15, 0.2) is 114 Å². The number of benzene rings is 4. The van der Waals surface area contributed by atoms with Crippen molar-refractivity contribution in [3.63, 3.8) is 0 Å². The standard InChI is InChI=1S/C42H37Cl2N3O5S2/c1-2-52-42(51)36-32-19-10-5-11-20-35(32)54-41(36)47-40(50)37(26-13-6-3-7-14-26)53-31-18-12-17-30(25-31)45-39(49)34(23-28-21-22-29(43)24-33(28)44)46-38(48)27-15-8-4-9-16-27/h3-4,6-9,12-18,21-25,37H,2,5,10-11,19-20H2,1H3,(H,45,49)(H,46,48)(H,47,50)/b34-23+. The zero-order valence-electron chi connectivity index (χ0n) is 29.3. The Labute approximate surface area is 332 Å². The number of aryl methyl sites for hydroxylation is 1. The molecule has 1 aromatic heterocycles. The van der Waals surface area contributed by atoms with Gasteiger partial charge in [-0.2, -0.15) is 0 Å². The first-order valence-corrected chi connectivity index (χ1v) is 19.9. The van der Waals surface area contributed by atoms with Crippen molar-refractivity contribution in [1.82, 2.24) is 5.32 Å². The molecule has 3 N–H and O–H groups in total. The molecule has 276 valence electrons. The van der Waals surface area contributed by atoms with Gasteiger partial charge in [-0.15, -0.1) is 23.1 Å². The van der Waals surface area contributed by atoms with Crippen molar-refractivity contribution in [2.75, 3.05) is 17.2 Å². The highest BCUT2D eigenvalue weighted by molar-refractivity contribution is 8.00. The quantitative estimate of drug-likeness (QED) is 0.0501. The summed E-state index contributed by atoms with van der Waals surface area (Å²) in [6.07, 6.45) is 6.21. The van der Waals surface area contributed by atoms with Crippen molar-refractivity contribution in [2.45, 2.75) is 49.2 Å². The molecule has 8 nitrogen and oxygen atoms in total. The largest absolute Gasteiger partial charge is 0.462 e. The number of hydrogen-bond acceptors (Lipinski definition) is 7. The first-order chi connectivity index (χ1) is 26.2. The minimum absolute atomic E-state index is 0.0422. The molecule has 12 heteroatoms. The fraction of sp³-hybridized carbons (Fsp3) is 0.190. The molecule has 1 aliphatic carbocycles. The van der Waals surface area contributed by atoms with Crippen molar-refractivity contribution in [2.24, 2.45) is 0 Å². The third-order valence-corrected chi connectivity index (χ3v) is 11.6. The van der Waals surface area contributed by atoms with E-state index in [2.05, 4.69) is 16.0 Å². The predicted molar refractivity (Wildman–Crippen MR) is 219 cm³/mol. The fourth-order valence-electron chi connectivity index (χ4n) is 6.03. The number of thiophene rings is 1. The van der Waals surface area contributed by atoms with Crippen LogP contribution in [-0.2, 0) is 27.2 Å². The van der Waals surface area contributed by atoms with Crippen LogP contribution in [0.2, 0.25) is 10.0 Å². The zero-order chi connectivity index (χ0) is 38.0. The van der Waals surface area contributed by atoms with Gasteiger partial charge in [-0.05, 0) is 97.8 Å². The van der Waals surface area contributed by atoms with Crippen LogP contribution in [0.25, 0.3) is 6.08 Å². The van der Waals surface area contributed by atoms with Gasteiger partial charge in [0.1, 0.15) is 15.9 Å². The number of carbonyl (C=O) groups is 4. The van der Waals surface area contributed by atoms with Crippen LogP contribution in [-0.4, -0.2) is 30.3 Å². The molecule has 0 spiro atoms. The average Bonchev–Trinajstić information content (AvgIpc) is 3.34. The first kappa shape index (κ1) is 38.8. The molecular formula is C42H37Cl2N3O5S2. The Kier molecular flexibility index (Phi) is 13.3. The maximum Gasteiger partial charge on any atom is 0.341 e. The Morgan fingerprint density at radius 1 is 0.852 bits per heavy atom. The molecule has 0 saturated heterocycles. The monoisotopic (exact) mass is 797 g/mol. The summed E-state index contributed by atoms with van der Waals surface area (Å²) in [5.74, 6) is -1.78. The topological polar surface area (TPSA) is 114 Å². The minimum Gasteiger partial charge on any atom is -0.462 e. The van der Waals surface area contributed by atoms with Gasteiger partial charge in [-0.3, -0.25) is 14.4 Å². The summed E-state index contributed by atoms with van der Waals surface area (Å²) in [6.45, 7) is 2.00. The molecule has 1 unspecified atom stereocenters. The Hall–Kier alpha value is -4.87. The second kappa shape index (κ2) is 18.4. The smallest absolute Gasteiger partial charge is 0.341 e. The minimum atomic E-state index is -0.707. The lowest BCUT2D eigenvalue weighted by Gasteiger charge is -2.18. The first-order valence-electron chi connectivity index (χ1n) is 17.5. The summed E-state index contributed by atoms with van der Waals surface area (Å²) in [5, 5.41) is 9.23. The van der Waals surface area contributed by atoms with E-state index in [9.17, 15) is 19.2 Å². The van der Waals surface area contributed by atoms with Crippen LogP contribution < -0.4 is 16.0 Å². The third-order valence-electron chi connectivity index (χ3n) is 8.62. The SMILES string of the molecule is CCOC(=O)c1c(NC(=O)C(Sc2cccc(NC(=O)/C(=C\c3ccc(Cl)cc3Cl)NC(=O)c3ccccc3)c2)c2ccccc2)sc2c1CCCCC2. The van der Waals surface area contributed by atoms with E-state index in [1.54, 1.807) is 73.7 Å². The van der Waals surface area contributed by atoms with Gasteiger partial charge in [0.15, 0.2) is 0 Å². The normalized spacial score (nSPS) is 13.2. The molecule has 0 saturated carbocycles. The average molecular weight is 799 g/mol. The lowest BCUT2D eigenvalue weighted by molar-refractivity contribution is -0.116. The number of thioether (sulfide) groups is 1. The lowest BCUT2D eigenvalue weighted by Crippen LogP contribution is -2.30. The van der Waals surface area contributed by atoms with Crippen molar-refractivity contribution in [3.8, 4) is 0 Å². The Bertz CT molecular complexity index is 2190. The van der Waals surface area contributed by atoms with Crippen LogP contribution in [0.4, 0.5) is 10.7 Å². The summed E-state index contributed by atoms with van der Waals surface area (Å²) in [4.78, 5) is 56.2. The number of carbonyl (C=O) groups excluding carboxylic acids is 4. The molecular weight excluding hydrogens is 762 g/mol. The Morgan fingerprint density at radius 2 is 1.59 bits per heavy atom. The van der Waals surface area contributed by atoms with Gasteiger partial charge in [0, 0.05) is 31.1 Å². The Balaban J connectivity index is 1.26. The van der Waals surface area contributed by atoms with E-state index in [1.807, 2.05) is 36.4 Å². The molecule has 54 heavy (non-hydrogen) atoms. The van der Waals surface area contributed by atoms with E-state index in [4.69, 9.17) is 27.9 Å².